The van der Waals surface area contributed by atoms with Crippen molar-refractivity contribution in [3.05, 3.63) is 29.6 Å². The third kappa shape index (κ3) is 2.61. The summed E-state index contributed by atoms with van der Waals surface area (Å²) in [7, 11) is 0. The lowest BCUT2D eigenvalue weighted by molar-refractivity contribution is -0.138. The number of halogens is 1. The molecule has 4 nitrogen and oxygen atoms in total. The number of amides is 2. The molecule has 1 fully saturated rings. The Hall–Kier alpha value is -1.91. The number of carbonyl (C=O) groups is 2. The van der Waals surface area contributed by atoms with Crippen molar-refractivity contribution in [3.8, 4) is 5.75 Å². The van der Waals surface area contributed by atoms with Crippen molar-refractivity contribution in [1.82, 2.24) is 5.32 Å². The first-order valence-corrected chi connectivity index (χ1v) is 5.33. The first kappa shape index (κ1) is 11.6. The molecule has 1 aliphatic rings. The molecule has 0 bridgehead atoms. The van der Waals surface area contributed by atoms with Crippen LogP contribution in [0.3, 0.4) is 0 Å². The molecular weight excluding hydrogens is 225 g/mol. The van der Waals surface area contributed by atoms with E-state index in [4.69, 9.17) is 4.74 Å². The van der Waals surface area contributed by atoms with Crippen LogP contribution in [0.1, 0.15) is 18.4 Å². The lowest BCUT2D eigenvalue weighted by Gasteiger charge is -2.22. The fraction of sp³-hybridized carbons (Fsp3) is 0.333. The molecule has 2 rings (SSSR count). The van der Waals surface area contributed by atoms with Gasteiger partial charge in [0.15, 0.2) is 6.10 Å². The molecule has 0 saturated carbocycles. The molecule has 1 saturated heterocycles. The summed E-state index contributed by atoms with van der Waals surface area (Å²) in [6, 6.07) is 4.28. The minimum absolute atomic E-state index is 0.260. The van der Waals surface area contributed by atoms with Gasteiger partial charge in [0.05, 0.1) is 0 Å². The van der Waals surface area contributed by atoms with Crippen molar-refractivity contribution in [2.24, 2.45) is 0 Å². The topological polar surface area (TPSA) is 55.4 Å². The first-order valence-electron chi connectivity index (χ1n) is 5.33. The highest BCUT2D eigenvalue weighted by Gasteiger charge is 2.28. The Labute approximate surface area is 97.8 Å². The van der Waals surface area contributed by atoms with E-state index in [1.54, 1.807) is 6.92 Å². The van der Waals surface area contributed by atoms with E-state index in [0.29, 0.717) is 17.7 Å². The standard InChI is InChI=1S/C12H12FNO3/c1-7-6-8(2-3-9(7)13)17-10-4-5-11(15)14-12(10)16/h2-3,6,10H,4-5H2,1H3,(H,14,15,16). The van der Waals surface area contributed by atoms with Crippen molar-refractivity contribution in [3.63, 3.8) is 0 Å². The number of hydrogen-bond acceptors (Lipinski definition) is 3. The number of nitrogens with one attached hydrogen (secondary N) is 1. The number of rotatable bonds is 2. The molecule has 0 spiro atoms. The van der Waals surface area contributed by atoms with E-state index in [2.05, 4.69) is 5.32 Å². The van der Waals surface area contributed by atoms with Crippen LogP contribution in [0.5, 0.6) is 5.75 Å². The molecule has 0 radical (unpaired) electrons. The summed E-state index contributed by atoms with van der Waals surface area (Å²) in [6.45, 7) is 1.62. The molecule has 1 heterocycles. The Kier molecular flexibility index (Phi) is 3.08. The van der Waals surface area contributed by atoms with Gasteiger partial charge in [0.25, 0.3) is 5.91 Å². The molecule has 1 aromatic carbocycles. The molecule has 0 aromatic heterocycles. The molecule has 2 amide bonds. The highest BCUT2D eigenvalue weighted by Crippen LogP contribution is 2.19. The van der Waals surface area contributed by atoms with Gasteiger partial charge in [0.1, 0.15) is 11.6 Å². The van der Waals surface area contributed by atoms with Crippen molar-refractivity contribution < 1.29 is 18.7 Å². The predicted octanol–water partition coefficient (Wildman–Crippen LogP) is 1.32. The van der Waals surface area contributed by atoms with Crippen LogP contribution in [-0.2, 0) is 9.59 Å². The zero-order chi connectivity index (χ0) is 12.4. The number of hydrogen-bond donors (Lipinski definition) is 1. The maximum absolute atomic E-state index is 13.0. The van der Waals surface area contributed by atoms with Crippen LogP contribution < -0.4 is 10.1 Å². The van der Waals surface area contributed by atoms with Gasteiger partial charge < -0.3 is 4.74 Å². The van der Waals surface area contributed by atoms with Crippen molar-refractivity contribution in [2.75, 3.05) is 0 Å². The van der Waals surface area contributed by atoms with Crippen LogP contribution in [0.2, 0.25) is 0 Å². The Morgan fingerprint density at radius 1 is 1.41 bits per heavy atom. The smallest absolute Gasteiger partial charge is 0.267 e. The molecule has 90 valence electrons. The zero-order valence-corrected chi connectivity index (χ0v) is 9.33. The van der Waals surface area contributed by atoms with Gasteiger partial charge in [0, 0.05) is 12.8 Å². The van der Waals surface area contributed by atoms with E-state index in [1.165, 1.54) is 18.2 Å². The SMILES string of the molecule is Cc1cc(OC2CCC(=O)NC2=O)ccc1F. The third-order valence-electron chi connectivity index (χ3n) is 2.60. The lowest BCUT2D eigenvalue weighted by Crippen LogP contribution is -2.46. The minimum Gasteiger partial charge on any atom is -0.481 e. The van der Waals surface area contributed by atoms with Gasteiger partial charge in [0.2, 0.25) is 5.91 Å². The molecule has 1 atom stereocenters. The Balaban J connectivity index is 2.08. The first-order chi connectivity index (χ1) is 8.06. The van der Waals surface area contributed by atoms with Crippen molar-refractivity contribution >= 4 is 11.8 Å². The minimum atomic E-state index is -0.683. The molecule has 17 heavy (non-hydrogen) atoms. The lowest BCUT2D eigenvalue weighted by atomic mass is 10.1. The average Bonchev–Trinajstić information content (AvgIpc) is 2.27. The third-order valence-corrected chi connectivity index (χ3v) is 2.60. The second kappa shape index (κ2) is 4.53. The van der Waals surface area contributed by atoms with Gasteiger partial charge in [-0.05, 0) is 30.7 Å². The van der Waals surface area contributed by atoms with E-state index in [1.807, 2.05) is 0 Å². The summed E-state index contributed by atoms with van der Waals surface area (Å²) >= 11 is 0. The van der Waals surface area contributed by atoms with E-state index in [9.17, 15) is 14.0 Å². The van der Waals surface area contributed by atoms with Gasteiger partial charge in [-0.2, -0.15) is 0 Å². The molecule has 1 unspecified atom stereocenters. The molecule has 0 aliphatic carbocycles. The maximum Gasteiger partial charge on any atom is 0.267 e. The Bertz CT molecular complexity index is 473. The second-order valence-corrected chi connectivity index (χ2v) is 3.97. The number of piperidine rings is 1. The quantitative estimate of drug-likeness (QED) is 0.789. The molecule has 1 N–H and O–H groups in total. The largest absolute Gasteiger partial charge is 0.481 e. The highest BCUT2D eigenvalue weighted by atomic mass is 19.1. The van der Waals surface area contributed by atoms with Gasteiger partial charge in [-0.25, -0.2) is 4.39 Å². The summed E-state index contributed by atoms with van der Waals surface area (Å²) < 4.78 is 18.4. The second-order valence-electron chi connectivity index (χ2n) is 3.97. The normalized spacial score (nSPS) is 20.0. The van der Waals surface area contributed by atoms with E-state index in [0.717, 1.165) is 0 Å². The van der Waals surface area contributed by atoms with Crippen molar-refractivity contribution in [2.45, 2.75) is 25.9 Å². The summed E-state index contributed by atoms with van der Waals surface area (Å²) in [5.74, 6) is -0.618. The zero-order valence-electron chi connectivity index (χ0n) is 9.33. The maximum atomic E-state index is 13.0. The van der Waals surface area contributed by atoms with Gasteiger partial charge in [-0.3, -0.25) is 14.9 Å². The van der Waals surface area contributed by atoms with Gasteiger partial charge in [-0.1, -0.05) is 0 Å². The van der Waals surface area contributed by atoms with Crippen LogP contribution in [-0.4, -0.2) is 17.9 Å². The summed E-state index contributed by atoms with van der Waals surface area (Å²) in [6.07, 6.45) is -0.0740. The fourth-order valence-corrected chi connectivity index (χ4v) is 1.64. The Morgan fingerprint density at radius 2 is 2.18 bits per heavy atom. The molecule has 1 aliphatic heterocycles. The van der Waals surface area contributed by atoms with Crippen molar-refractivity contribution in [1.29, 1.82) is 0 Å². The van der Waals surface area contributed by atoms with Crippen LogP contribution in [0.25, 0.3) is 0 Å². The molecule has 1 aromatic rings. The molecular formula is C12H12FNO3. The van der Waals surface area contributed by atoms with Crippen LogP contribution in [0.4, 0.5) is 4.39 Å². The van der Waals surface area contributed by atoms with Crippen LogP contribution in [0, 0.1) is 12.7 Å². The average molecular weight is 237 g/mol. The van der Waals surface area contributed by atoms with E-state index >= 15 is 0 Å². The Morgan fingerprint density at radius 3 is 2.82 bits per heavy atom. The van der Waals surface area contributed by atoms with Gasteiger partial charge >= 0.3 is 0 Å². The number of imide groups is 1. The summed E-state index contributed by atoms with van der Waals surface area (Å²) in [4.78, 5) is 22.4. The van der Waals surface area contributed by atoms with E-state index < -0.39 is 12.0 Å². The predicted molar refractivity (Wildman–Crippen MR) is 57.9 cm³/mol. The van der Waals surface area contributed by atoms with Gasteiger partial charge in [-0.15, -0.1) is 0 Å². The number of benzene rings is 1. The molecule has 5 heteroatoms. The number of aryl methyl sites for hydroxylation is 1. The summed E-state index contributed by atoms with van der Waals surface area (Å²) in [5, 5.41) is 2.20. The number of ether oxygens (including phenoxy) is 1. The fourth-order valence-electron chi connectivity index (χ4n) is 1.64. The van der Waals surface area contributed by atoms with Crippen LogP contribution >= 0.6 is 0 Å². The van der Waals surface area contributed by atoms with Crippen LogP contribution in [0.15, 0.2) is 18.2 Å². The van der Waals surface area contributed by atoms with E-state index in [-0.39, 0.29) is 18.1 Å². The summed E-state index contributed by atoms with van der Waals surface area (Å²) in [5.41, 5.74) is 0.454. The highest BCUT2D eigenvalue weighted by molar-refractivity contribution is 5.99. The monoisotopic (exact) mass is 237 g/mol. The number of carbonyl (C=O) groups excluding carboxylic acids is 2.